The first kappa shape index (κ1) is 11.1. The summed E-state index contributed by atoms with van der Waals surface area (Å²) in [5.74, 6) is 2.70. The van der Waals surface area contributed by atoms with Gasteiger partial charge < -0.3 is 5.11 Å². The Labute approximate surface area is 106 Å². The highest BCUT2D eigenvalue weighted by molar-refractivity contribution is 7.99. The molecule has 1 heterocycles. The third kappa shape index (κ3) is 2.07. The zero-order valence-electron chi connectivity index (χ0n) is 9.67. The Morgan fingerprint density at radius 1 is 1.12 bits per heavy atom. The predicted octanol–water partition coefficient (Wildman–Crippen LogP) is 3.63. The van der Waals surface area contributed by atoms with E-state index in [0.717, 1.165) is 17.7 Å². The normalized spacial score (nSPS) is 21.8. The lowest BCUT2D eigenvalue weighted by molar-refractivity contribution is 0.123. The van der Waals surface area contributed by atoms with Crippen LogP contribution in [0.4, 0.5) is 0 Å². The van der Waals surface area contributed by atoms with Crippen molar-refractivity contribution >= 4 is 22.5 Å². The molecule has 2 heteroatoms. The Kier molecular flexibility index (Phi) is 3.08. The average Bonchev–Trinajstić information content (AvgIpc) is 2.91. The largest absolute Gasteiger partial charge is 0.388 e. The second kappa shape index (κ2) is 4.71. The van der Waals surface area contributed by atoms with Crippen molar-refractivity contribution in [1.82, 2.24) is 0 Å². The van der Waals surface area contributed by atoms with E-state index in [1.165, 1.54) is 16.5 Å². The quantitative estimate of drug-likeness (QED) is 0.870. The van der Waals surface area contributed by atoms with E-state index in [-0.39, 0.29) is 6.10 Å². The number of hydrogen-bond acceptors (Lipinski definition) is 2. The van der Waals surface area contributed by atoms with Crippen LogP contribution in [0.3, 0.4) is 0 Å². The molecule has 88 valence electrons. The van der Waals surface area contributed by atoms with Gasteiger partial charge in [0.05, 0.1) is 6.10 Å². The van der Waals surface area contributed by atoms with Crippen molar-refractivity contribution < 1.29 is 5.11 Å². The fourth-order valence-corrected chi connectivity index (χ4v) is 3.85. The molecule has 1 aliphatic heterocycles. The molecule has 2 atom stereocenters. The Morgan fingerprint density at radius 2 is 1.94 bits per heavy atom. The van der Waals surface area contributed by atoms with Gasteiger partial charge in [0.15, 0.2) is 0 Å². The van der Waals surface area contributed by atoms with Crippen LogP contribution in [-0.2, 0) is 0 Å². The molecule has 1 fully saturated rings. The van der Waals surface area contributed by atoms with Crippen molar-refractivity contribution in [2.24, 2.45) is 5.92 Å². The Morgan fingerprint density at radius 3 is 2.76 bits per heavy atom. The van der Waals surface area contributed by atoms with E-state index in [4.69, 9.17) is 0 Å². The molecule has 0 bridgehead atoms. The van der Waals surface area contributed by atoms with Crippen LogP contribution in [-0.4, -0.2) is 16.6 Å². The van der Waals surface area contributed by atoms with Gasteiger partial charge in [-0.25, -0.2) is 0 Å². The van der Waals surface area contributed by atoms with Gasteiger partial charge in [-0.1, -0.05) is 42.5 Å². The molecule has 1 aliphatic rings. The van der Waals surface area contributed by atoms with E-state index in [2.05, 4.69) is 24.3 Å². The van der Waals surface area contributed by atoms with Gasteiger partial charge in [0.1, 0.15) is 0 Å². The maximum atomic E-state index is 10.5. The molecule has 2 unspecified atom stereocenters. The van der Waals surface area contributed by atoms with Gasteiger partial charge in [0.25, 0.3) is 0 Å². The first-order chi connectivity index (χ1) is 8.36. The Balaban J connectivity index is 2.04. The van der Waals surface area contributed by atoms with E-state index in [9.17, 15) is 5.11 Å². The third-order valence-corrected chi connectivity index (χ3v) is 4.74. The number of hydrogen-bond donors (Lipinski definition) is 1. The molecule has 1 saturated heterocycles. The van der Waals surface area contributed by atoms with Crippen molar-refractivity contribution in [2.75, 3.05) is 11.5 Å². The van der Waals surface area contributed by atoms with Crippen LogP contribution in [0.15, 0.2) is 42.5 Å². The average molecular weight is 244 g/mol. The first-order valence-corrected chi connectivity index (χ1v) is 7.25. The highest BCUT2D eigenvalue weighted by atomic mass is 32.2. The van der Waals surface area contributed by atoms with Crippen molar-refractivity contribution in [2.45, 2.75) is 12.5 Å². The van der Waals surface area contributed by atoms with Crippen LogP contribution in [0.2, 0.25) is 0 Å². The first-order valence-electron chi connectivity index (χ1n) is 6.10. The standard InChI is InChI=1S/C15H16OS/c16-15(12-8-9-17-10-12)14-7-3-5-11-4-1-2-6-13(11)14/h1-7,12,15-16H,8-10H2. The number of fused-ring (bicyclic) bond motifs is 1. The van der Waals surface area contributed by atoms with Crippen molar-refractivity contribution in [1.29, 1.82) is 0 Å². The minimum absolute atomic E-state index is 0.309. The van der Waals surface area contributed by atoms with Gasteiger partial charge in [-0.3, -0.25) is 0 Å². The SMILES string of the molecule is OC(c1cccc2ccccc12)C1CCSC1. The number of rotatable bonds is 2. The summed E-state index contributed by atoms with van der Waals surface area (Å²) in [5.41, 5.74) is 1.09. The lowest BCUT2D eigenvalue weighted by Crippen LogP contribution is -2.12. The molecule has 2 aromatic rings. The molecule has 17 heavy (non-hydrogen) atoms. The molecule has 0 aromatic heterocycles. The van der Waals surface area contributed by atoms with E-state index >= 15 is 0 Å². The van der Waals surface area contributed by atoms with Crippen LogP contribution in [0.25, 0.3) is 10.8 Å². The van der Waals surface area contributed by atoms with Crippen LogP contribution in [0.1, 0.15) is 18.1 Å². The summed E-state index contributed by atoms with van der Waals surface area (Å²) in [7, 11) is 0. The van der Waals surface area contributed by atoms with Gasteiger partial charge in [-0.2, -0.15) is 11.8 Å². The van der Waals surface area contributed by atoms with E-state index < -0.39 is 0 Å². The fourth-order valence-electron chi connectivity index (χ4n) is 2.56. The Hall–Kier alpha value is -0.990. The van der Waals surface area contributed by atoms with Crippen LogP contribution in [0, 0.1) is 5.92 Å². The molecule has 0 aliphatic carbocycles. The summed E-state index contributed by atoms with van der Waals surface area (Å²) < 4.78 is 0. The van der Waals surface area contributed by atoms with Gasteiger partial charge >= 0.3 is 0 Å². The molecule has 2 aromatic carbocycles. The van der Waals surface area contributed by atoms with Crippen LogP contribution in [0.5, 0.6) is 0 Å². The zero-order valence-corrected chi connectivity index (χ0v) is 10.5. The van der Waals surface area contributed by atoms with E-state index in [1.807, 2.05) is 30.0 Å². The van der Waals surface area contributed by atoms with E-state index in [0.29, 0.717) is 5.92 Å². The lowest BCUT2D eigenvalue weighted by Gasteiger charge is -2.19. The monoisotopic (exact) mass is 244 g/mol. The molecule has 1 N–H and O–H groups in total. The zero-order chi connectivity index (χ0) is 11.7. The van der Waals surface area contributed by atoms with E-state index in [1.54, 1.807) is 0 Å². The molecule has 0 amide bonds. The van der Waals surface area contributed by atoms with Crippen molar-refractivity contribution in [3.8, 4) is 0 Å². The van der Waals surface area contributed by atoms with Gasteiger partial charge in [-0.05, 0) is 40.2 Å². The molecule has 1 nitrogen and oxygen atoms in total. The molecular weight excluding hydrogens is 228 g/mol. The molecule has 0 saturated carbocycles. The molecule has 0 radical (unpaired) electrons. The van der Waals surface area contributed by atoms with Crippen LogP contribution >= 0.6 is 11.8 Å². The summed E-state index contributed by atoms with van der Waals surface area (Å²) in [6, 6.07) is 14.5. The predicted molar refractivity (Wildman–Crippen MR) is 74.3 cm³/mol. The highest BCUT2D eigenvalue weighted by Crippen LogP contribution is 2.36. The summed E-state index contributed by atoms with van der Waals surface area (Å²) in [4.78, 5) is 0. The van der Waals surface area contributed by atoms with Gasteiger partial charge in [-0.15, -0.1) is 0 Å². The minimum atomic E-state index is -0.309. The highest BCUT2D eigenvalue weighted by Gasteiger charge is 2.25. The third-order valence-electron chi connectivity index (χ3n) is 3.55. The second-order valence-corrected chi connectivity index (χ2v) is 5.79. The lowest BCUT2D eigenvalue weighted by atomic mass is 9.91. The number of benzene rings is 2. The summed E-state index contributed by atoms with van der Waals surface area (Å²) >= 11 is 1.95. The Bertz CT molecular complexity index is 512. The smallest absolute Gasteiger partial charge is 0.0832 e. The summed E-state index contributed by atoms with van der Waals surface area (Å²) in [6.07, 6.45) is 0.825. The minimum Gasteiger partial charge on any atom is -0.388 e. The summed E-state index contributed by atoms with van der Waals surface area (Å²) in [6.45, 7) is 0. The second-order valence-electron chi connectivity index (χ2n) is 4.64. The van der Waals surface area contributed by atoms with Crippen LogP contribution < -0.4 is 0 Å². The molecule has 0 spiro atoms. The molecule has 3 rings (SSSR count). The van der Waals surface area contributed by atoms with Gasteiger partial charge in [0, 0.05) is 0 Å². The van der Waals surface area contributed by atoms with Crippen molar-refractivity contribution in [3.05, 3.63) is 48.0 Å². The fraction of sp³-hybridized carbons (Fsp3) is 0.333. The summed E-state index contributed by atoms with van der Waals surface area (Å²) in [5, 5.41) is 12.9. The maximum Gasteiger partial charge on any atom is 0.0832 e. The number of aliphatic hydroxyl groups excluding tert-OH is 1. The van der Waals surface area contributed by atoms with Gasteiger partial charge in [0.2, 0.25) is 0 Å². The number of thioether (sulfide) groups is 1. The topological polar surface area (TPSA) is 20.2 Å². The molecular formula is C15H16OS. The maximum absolute atomic E-state index is 10.5. The van der Waals surface area contributed by atoms with Crippen molar-refractivity contribution in [3.63, 3.8) is 0 Å². The number of aliphatic hydroxyl groups is 1.